The van der Waals surface area contributed by atoms with Crippen molar-refractivity contribution in [2.45, 2.75) is 13.5 Å². The van der Waals surface area contributed by atoms with Crippen LogP contribution in [0.3, 0.4) is 0 Å². The van der Waals surface area contributed by atoms with Gasteiger partial charge in [-0.2, -0.15) is 0 Å². The van der Waals surface area contributed by atoms with Crippen molar-refractivity contribution in [3.8, 4) is 0 Å². The van der Waals surface area contributed by atoms with Gasteiger partial charge in [0.15, 0.2) is 0 Å². The lowest BCUT2D eigenvalue weighted by Gasteiger charge is -2.11. The van der Waals surface area contributed by atoms with Gasteiger partial charge < -0.3 is 5.32 Å². The zero-order valence-corrected chi connectivity index (χ0v) is 13.3. The summed E-state index contributed by atoms with van der Waals surface area (Å²) in [6, 6.07) is 7.66. The first kappa shape index (κ1) is 15.7. The summed E-state index contributed by atoms with van der Waals surface area (Å²) < 4.78 is 14.4. The van der Waals surface area contributed by atoms with E-state index in [4.69, 9.17) is 11.6 Å². The lowest BCUT2D eigenvalue weighted by molar-refractivity contribution is -0.384. The molecular weight excluding hydrogens is 363 g/mol. The molecule has 0 saturated carbocycles. The van der Waals surface area contributed by atoms with Crippen molar-refractivity contribution < 1.29 is 9.31 Å². The highest BCUT2D eigenvalue weighted by molar-refractivity contribution is 9.10. The van der Waals surface area contributed by atoms with E-state index in [0.29, 0.717) is 21.3 Å². The van der Waals surface area contributed by atoms with Crippen LogP contribution in [0.25, 0.3) is 0 Å². The van der Waals surface area contributed by atoms with E-state index in [-0.39, 0.29) is 23.1 Å². The number of hydrogen-bond acceptors (Lipinski definition) is 3. The van der Waals surface area contributed by atoms with E-state index in [0.717, 1.165) is 0 Å². The predicted molar refractivity (Wildman–Crippen MR) is 84.3 cm³/mol. The van der Waals surface area contributed by atoms with Crippen molar-refractivity contribution in [3.05, 3.63) is 66.9 Å². The van der Waals surface area contributed by atoms with Gasteiger partial charge in [0.25, 0.3) is 5.69 Å². The molecule has 2 aromatic carbocycles. The van der Waals surface area contributed by atoms with Crippen LogP contribution in [0.5, 0.6) is 0 Å². The monoisotopic (exact) mass is 372 g/mol. The number of anilines is 1. The first-order valence-corrected chi connectivity index (χ1v) is 7.18. The van der Waals surface area contributed by atoms with Crippen LogP contribution in [0.1, 0.15) is 11.1 Å². The zero-order valence-electron chi connectivity index (χ0n) is 11.0. The summed E-state index contributed by atoms with van der Waals surface area (Å²) in [6.45, 7) is 1.98. The van der Waals surface area contributed by atoms with E-state index >= 15 is 0 Å². The standard InChI is InChI=1S/C14H11BrClFN2O2/c1-8-4-14(19(20)21)11(16)6-13(8)18-7-9-2-3-10(15)5-12(9)17/h2-6,18H,7H2,1H3. The molecule has 0 fully saturated rings. The highest BCUT2D eigenvalue weighted by Gasteiger charge is 2.15. The fourth-order valence-electron chi connectivity index (χ4n) is 1.85. The minimum absolute atomic E-state index is 0.0457. The number of nitrogens with one attached hydrogen (secondary N) is 1. The number of benzene rings is 2. The van der Waals surface area contributed by atoms with E-state index in [1.165, 1.54) is 18.2 Å². The molecule has 0 aliphatic rings. The molecule has 0 unspecified atom stereocenters. The van der Waals surface area contributed by atoms with Crippen LogP contribution >= 0.6 is 27.5 Å². The summed E-state index contributed by atoms with van der Waals surface area (Å²) in [7, 11) is 0. The Kier molecular flexibility index (Phi) is 4.80. The summed E-state index contributed by atoms with van der Waals surface area (Å²) in [5.74, 6) is -0.331. The molecule has 0 bridgehead atoms. The van der Waals surface area contributed by atoms with Crippen LogP contribution in [0, 0.1) is 22.9 Å². The Balaban J connectivity index is 2.20. The fourth-order valence-corrected chi connectivity index (χ4v) is 2.42. The lowest BCUT2D eigenvalue weighted by atomic mass is 10.1. The summed E-state index contributed by atoms with van der Waals surface area (Å²) in [4.78, 5) is 10.3. The molecule has 1 N–H and O–H groups in total. The molecule has 0 radical (unpaired) electrons. The Morgan fingerprint density at radius 1 is 1.38 bits per heavy atom. The number of nitro benzene ring substituents is 1. The average Bonchev–Trinajstić information content (AvgIpc) is 2.40. The van der Waals surface area contributed by atoms with E-state index in [1.54, 1.807) is 19.1 Å². The maximum Gasteiger partial charge on any atom is 0.288 e. The molecule has 0 heterocycles. The van der Waals surface area contributed by atoms with Gasteiger partial charge in [-0.3, -0.25) is 10.1 Å². The Hall–Kier alpha value is -1.66. The number of aryl methyl sites for hydroxylation is 1. The van der Waals surface area contributed by atoms with Gasteiger partial charge in [-0.05, 0) is 30.7 Å². The van der Waals surface area contributed by atoms with Gasteiger partial charge in [-0.1, -0.05) is 33.6 Å². The predicted octanol–water partition coefficient (Wildman–Crippen LogP) is 5.07. The summed E-state index contributed by atoms with van der Waals surface area (Å²) in [5, 5.41) is 13.9. The van der Waals surface area contributed by atoms with Crippen LogP contribution < -0.4 is 5.32 Å². The van der Waals surface area contributed by atoms with Gasteiger partial charge in [-0.25, -0.2) is 4.39 Å². The Morgan fingerprint density at radius 2 is 2.10 bits per heavy atom. The van der Waals surface area contributed by atoms with Crippen molar-refractivity contribution in [1.29, 1.82) is 0 Å². The first-order chi connectivity index (χ1) is 9.88. The van der Waals surface area contributed by atoms with Crippen LogP contribution in [0.2, 0.25) is 5.02 Å². The van der Waals surface area contributed by atoms with E-state index in [1.807, 2.05) is 0 Å². The first-order valence-electron chi connectivity index (χ1n) is 6.01. The second-order valence-electron chi connectivity index (χ2n) is 4.46. The average molecular weight is 374 g/mol. The fraction of sp³-hybridized carbons (Fsp3) is 0.143. The number of halogens is 3. The van der Waals surface area contributed by atoms with Gasteiger partial charge in [-0.15, -0.1) is 0 Å². The topological polar surface area (TPSA) is 55.2 Å². The Morgan fingerprint density at radius 3 is 2.71 bits per heavy atom. The third kappa shape index (κ3) is 3.71. The molecule has 0 atom stereocenters. The Labute approximate surface area is 134 Å². The molecule has 0 aliphatic heterocycles. The van der Waals surface area contributed by atoms with Gasteiger partial charge in [0, 0.05) is 28.3 Å². The Bertz CT molecular complexity index is 710. The van der Waals surface area contributed by atoms with Crippen LogP contribution in [0.15, 0.2) is 34.8 Å². The summed E-state index contributed by atoms with van der Waals surface area (Å²) >= 11 is 9.06. The minimum Gasteiger partial charge on any atom is -0.381 e. The number of nitro groups is 1. The molecule has 7 heteroatoms. The van der Waals surface area contributed by atoms with Gasteiger partial charge in [0.1, 0.15) is 10.8 Å². The minimum atomic E-state index is -0.534. The van der Waals surface area contributed by atoms with Crippen molar-refractivity contribution in [2.24, 2.45) is 0 Å². The maximum atomic E-state index is 13.7. The molecule has 110 valence electrons. The molecule has 2 rings (SSSR count). The largest absolute Gasteiger partial charge is 0.381 e. The van der Waals surface area contributed by atoms with E-state index in [2.05, 4.69) is 21.2 Å². The second kappa shape index (κ2) is 6.41. The molecule has 0 amide bonds. The normalized spacial score (nSPS) is 10.5. The zero-order chi connectivity index (χ0) is 15.6. The SMILES string of the molecule is Cc1cc([N+](=O)[O-])c(Cl)cc1NCc1ccc(Br)cc1F. The van der Waals surface area contributed by atoms with Crippen molar-refractivity contribution >= 4 is 38.9 Å². The molecule has 21 heavy (non-hydrogen) atoms. The molecule has 4 nitrogen and oxygen atoms in total. The molecule has 0 spiro atoms. The van der Waals surface area contributed by atoms with E-state index in [9.17, 15) is 14.5 Å². The van der Waals surface area contributed by atoms with Crippen LogP contribution in [0.4, 0.5) is 15.8 Å². The quantitative estimate of drug-likeness (QED) is 0.601. The van der Waals surface area contributed by atoms with Crippen molar-refractivity contribution in [1.82, 2.24) is 0 Å². The van der Waals surface area contributed by atoms with E-state index < -0.39 is 4.92 Å². The molecule has 0 saturated heterocycles. The lowest BCUT2D eigenvalue weighted by Crippen LogP contribution is -2.04. The van der Waals surface area contributed by atoms with Crippen LogP contribution in [-0.4, -0.2) is 4.92 Å². The highest BCUT2D eigenvalue weighted by atomic mass is 79.9. The molecule has 0 aliphatic carbocycles. The summed E-state index contributed by atoms with van der Waals surface area (Å²) in [6.07, 6.45) is 0. The number of rotatable bonds is 4. The molecule has 2 aromatic rings. The third-order valence-electron chi connectivity index (χ3n) is 2.97. The number of nitrogens with zero attached hydrogens (tertiary/aromatic N) is 1. The number of hydrogen-bond donors (Lipinski definition) is 1. The van der Waals surface area contributed by atoms with Gasteiger partial charge in [0.05, 0.1) is 4.92 Å². The van der Waals surface area contributed by atoms with Gasteiger partial charge >= 0.3 is 0 Å². The maximum absolute atomic E-state index is 13.7. The third-order valence-corrected chi connectivity index (χ3v) is 3.77. The van der Waals surface area contributed by atoms with Crippen molar-refractivity contribution in [3.63, 3.8) is 0 Å². The molecular formula is C14H11BrClFN2O2. The highest BCUT2D eigenvalue weighted by Crippen LogP contribution is 2.30. The second-order valence-corrected chi connectivity index (χ2v) is 5.79. The van der Waals surface area contributed by atoms with Gasteiger partial charge in [0.2, 0.25) is 0 Å². The smallest absolute Gasteiger partial charge is 0.288 e. The van der Waals surface area contributed by atoms with Crippen molar-refractivity contribution in [2.75, 3.05) is 5.32 Å². The van der Waals surface area contributed by atoms with Crippen LogP contribution in [-0.2, 0) is 6.54 Å². The summed E-state index contributed by atoms with van der Waals surface area (Å²) in [5.41, 5.74) is 1.65. The molecule has 0 aromatic heterocycles.